The third-order valence-electron chi connectivity index (χ3n) is 3.40. The van der Waals surface area contributed by atoms with Crippen LogP contribution in [0.2, 0.25) is 0 Å². The Kier molecular flexibility index (Phi) is 5.19. The fourth-order valence-corrected chi connectivity index (χ4v) is 3.38. The van der Waals surface area contributed by atoms with Gasteiger partial charge in [-0.3, -0.25) is 15.1 Å². The maximum Gasteiger partial charge on any atom is 0.261 e. The summed E-state index contributed by atoms with van der Waals surface area (Å²) in [5.74, 6) is 1.03. The van der Waals surface area contributed by atoms with Crippen LogP contribution in [0.4, 0.5) is 0 Å². The molecular weight excluding hydrogens is 372 g/mol. The predicted octanol–water partition coefficient (Wildman–Crippen LogP) is 2.91. The Morgan fingerprint density at radius 2 is 1.92 bits per heavy atom. The third-order valence-corrected chi connectivity index (χ3v) is 5.00. The van der Waals surface area contributed by atoms with E-state index in [1.165, 1.54) is 18.2 Å². The topological polar surface area (TPSA) is 105 Å². The van der Waals surface area contributed by atoms with Gasteiger partial charge >= 0.3 is 0 Å². The van der Waals surface area contributed by atoms with E-state index in [-0.39, 0.29) is 22.0 Å². The van der Waals surface area contributed by atoms with Crippen molar-refractivity contribution in [2.75, 3.05) is 0 Å². The SMILES string of the molecule is N=C1C(NS(=O)(=O)c2ccc(Oc3cccnc3)cc2)=CC=C/C1=N/S. The third kappa shape index (κ3) is 4.01. The van der Waals surface area contributed by atoms with E-state index in [0.29, 0.717) is 11.5 Å². The van der Waals surface area contributed by atoms with Crippen molar-refractivity contribution in [1.82, 2.24) is 9.71 Å². The number of pyridine rings is 1. The van der Waals surface area contributed by atoms with Crippen LogP contribution in [0.5, 0.6) is 11.5 Å². The minimum Gasteiger partial charge on any atom is -0.456 e. The van der Waals surface area contributed by atoms with Crippen LogP contribution in [0.3, 0.4) is 0 Å². The number of nitrogens with one attached hydrogen (secondary N) is 2. The number of ether oxygens (including phenoxy) is 1. The molecule has 0 unspecified atom stereocenters. The van der Waals surface area contributed by atoms with E-state index in [1.54, 1.807) is 48.8 Å². The molecule has 0 spiro atoms. The Balaban J connectivity index is 1.77. The standard InChI is InChI=1S/C17H14N4O3S2/c18-17-15(20-25)4-1-5-16(17)21-26(22,23)14-8-6-12(7-9-14)24-13-3-2-10-19-11-13/h1-11,18,21,25H/b18-17?,20-15-. The molecule has 132 valence electrons. The van der Waals surface area contributed by atoms with Gasteiger partial charge in [0.25, 0.3) is 10.0 Å². The summed E-state index contributed by atoms with van der Waals surface area (Å²) in [6.45, 7) is 0. The lowest BCUT2D eigenvalue weighted by atomic mass is 10.1. The molecule has 0 bridgehead atoms. The average molecular weight is 386 g/mol. The van der Waals surface area contributed by atoms with Gasteiger partial charge in [-0.05, 0) is 61.4 Å². The number of hydrogen-bond acceptors (Lipinski definition) is 7. The maximum atomic E-state index is 12.5. The number of sulfonamides is 1. The highest BCUT2D eigenvalue weighted by Crippen LogP contribution is 2.22. The van der Waals surface area contributed by atoms with Crippen LogP contribution in [-0.4, -0.2) is 24.8 Å². The Bertz CT molecular complexity index is 1010. The maximum absolute atomic E-state index is 12.5. The smallest absolute Gasteiger partial charge is 0.261 e. The van der Waals surface area contributed by atoms with Crippen molar-refractivity contribution in [3.05, 3.63) is 72.7 Å². The van der Waals surface area contributed by atoms with Gasteiger partial charge in [0.15, 0.2) is 0 Å². The molecule has 1 aromatic carbocycles. The van der Waals surface area contributed by atoms with Crippen molar-refractivity contribution < 1.29 is 13.2 Å². The van der Waals surface area contributed by atoms with Gasteiger partial charge in [0.1, 0.15) is 17.2 Å². The van der Waals surface area contributed by atoms with Crippen LogP contribution in [0.25, 0.3) is 0 Å². The second kappa shape index (κ2) is 7.54. The monoisotopic (exact) mass is 386 g/mol. The molecule has 26 heavy (non-hydrogen) atoms. The number of thiol groups is 1. The average Bonchev–Trinajstić information content (AvgIpc) is 2.65. The molecule has 0 atom stereocenters. The number of aromatic nitrogens is 1. The first-order chi connectivity index (χ1) is 12.5. The summed E-state index contributed by atoms with van der Waals surface area (Å²) in [4.78, 5) is 3.99. The van der Waals surface area contributed by atoms with Gasteiger partial charge in [0.2, 0.25) is 0 Å². The van der Waals surface area contributed by atoms with Crippen LogP contribution in [0.1, 0.15) is 0 Å². The van der Waals surface area contributed by atoms with Gasteiger partial charge in [-0.25, -0.2) is 12.8 Å². The van der Waals surface area contributed by atoms with Crippen LogP contribution in [0, 0.1) is 5.41 Å². The quantitative estimate of drug-likeness (QED) is 0.543. The summed E-state index contributed by atoms with van der Waals surface area (Å²) in [7, 11) is -3.85. The van der Waals surface area contributed by atoms with Crippen LogP contribution in [-0.2, 0) is 10.0 Å². The van der Waals surface area contributed by atoms with E-state index in [1.807, 2.05) is 0 Å². The highest BCUT2D eigenvalue weighted by molar-refractivity contribution is 7.89. The molecule has 1 aliphatic rings. The molecule has 0 amide bonds. The summed E-state index contributed by atoms with van der Waals surface area (Å²) < 4.78 is 36.7. The normalized spacial score (nSPS) is 15.7. The molecule has 0 aliphatic heterocycles. The Morgan fingerprint density at radius 1 is 1.15 bits per heavy atom. The molecule has 2 N–H and O–H groups in total. The van der Waals surface area contributed by atoms with Crippen LogP contribution >= 0.6 is 12.8 Å². The molecule has 7 nitrogen and oxygen atoms in total. The van der Waals surface area contributed by atoms with Crippen molar-refractivity contribution in [2.24, 2.45) is 4.40 Å². The summed E-state index contributed by atoms with van der Waals surface area (Å²) in [5.41, 5.74) is 0.340. The van der Waals surface area contributed by atoms with E-state index < -0.39 is 10.0 Å². The second-order valence-electron chi connectivity index (χ2n) is 5.17. The molecular formula is C17H14N4O3S2. The van der Waals surface area contributed by atoms with E-state index in [4.69, 9.17) is 10.1 Å². The molecule has 1 heterocycles. The van der Waals surface area contributed by atoms with E-state index in [2.05, 4.69) is 26.9 Å². The lowest BCUT2D eigenvalue weighted by Gasteiger charge is -2.15. The van der Waals surface area contributed by atoms with Crippen molar-refractivity contribution >= 4 is 34.3 Å². The zero-order valence-corrected chi connectivity index (χ0v) is 15.0. The fraction of sp³-hybridized carbons (Fsp3) is 0. The lowest BCUT2D eigenvalue weighted by Crippen LogP contribution is -2.31. The van der Waals surface area contributed by atoms with E-state index in [0.717, 1.165) is 0 Å². The van der Waals surface area contributed by atoms with Crippen LogP contribution < -0.4 is 9.46 Å². The summed E-state index contributed by atoms with van der Waals surface area (Å²) in [5, 5.41) is 7.95. The highest BCUT2D eigenvalue weighted by atomic mass is 32.2. The van der Waals surface area contributed by atoms with Gasteiger partial charge in [0, 0.05) is 6.20 Å². The first-order valence-corrected chi connectivity index (χ1v) is 9.28. The number of benzene rings is 1. The van der Waals surface area contributed by atoms with Gasteiger partial charge in [-0.15, -0.1) is 0 Å². The van der Waals surface area contributed by atoms with Crippen molar-refractivity contribution in [3.63, 3.8) is 0 Å². The van der Waals surface area contributed by atoms with Gasteiger partial charge in [-0.2, -0.15) is 0 Å². The van der Waals surface area contributed by atoms with E-state index >= 15 is 0 Å². The first kappa shape index (κ1) is 17.9. The van der Waals surface area contributed by atoms with E-state index in [9.17, 15) is 8.42 Å². The van der Waals surface area contributed by atoms with Crippen molar-refractivity contribution in [3.8, 4) is 11.5 Å². The number of hydrogen-bond donors (Lipinski definition) is 3. The summed E-state index contributed by atoms with van der Waals surface area (Å²) in [6, 6.07) is 9.41. The minimum absolute atomic E-state index is 0.0450. The minimum atomic E-state index is -3.85. The molecule has 2 aromatic rings. The van der Waals surface area contributed by atoms with Gasteiger partial charge < -0.3 is 4.74 Å². The zero-order valence-electron chi connectivity index (χ0n) is 13.3. The molecule has 0 fully saturated rings. The van der Waals surface area contributed by atoms with Gasteiger partial charge in [0.05, 0.1) is 22.5 Å². The Morgan fingerprint density at radius 3 is 2.58 bits per heavy atom. The Hall–Kier alpha value is -2.91. The summed E-state index contributed by atoms with van der Waals surface area (Å²) in [6.07, 6.45) is 7.84. The largest absolute Gasteiger partial charge is 0.456 e. The molecule has 3 rings (SSSR count). The fourth-order valence-electron chi connectivity index (χ4n) is 2.14. The molecule has 9 heteroatoms. The predicted molar refractivity (Wildman–Crippen MR) is 102 cm³/mol. The van der Waals surface area contributed by atoms with Crippen molar-refractivity contribution in [1.29, 1.82) is 5.41 Å². The lowest BCUT2D eigenvalue weighted by molar-refractivity contribution is 0.480. The molecule has 1 aromatic heterocycles. The molecule has 0 saturated heterocycles. The number of nitrogens with zero attached hydrogens (tertiary/aromatic N) is 2. The Labute approximate surface area is 156 Å². The molecule has 0 saturated carbocycles. The number of allylic oxidation sites excluding steroid dienone is 4. The van der Waals surface area contributed by atoms with Crippen molar-refractivity contribution in [2.45, 2.75) is 4.90 Å². The second-order valence-corrected chi connectivity index (χ2v) is 7.05. The first-order valence-electron chi connectivity index (χ1n) is 7.40. The molecule has 0 radical (unpaired) electrons. The summed E-state index contributed by atoms with van der Waals surface area (Å²) >= 11 is 3.77. The molecule has 1 aliphatic carbocycles. The zero-order chi connectivity index (χ0) is 18.6. The number of rotatable bonds is 5. The van der Waals surface area contributed by atoms with Gasteiger partial charge in [-0.1, -0.05) is 6.08 Å². The highest BCUT2D eigenvalue weighted by Gasteiger charge is 2.21. The van der Waals surface area contributed by atoms with Crippen LogP contribution in [0.15, 0.2) is 82.0 Å².